The van der Waals surface area contributed by atoms with Gasteiger partial charge in [0.25, 0.3) is 5.91 Å². The van der Waals surface area contributed by atoms with Crippen LogP contribution in [-0.4, -0.2) is 13.0 Å². The summed E-state index contributed by atoms with van der Waals surface area (Å²) in [7, 11) is 1.50. The third kappa shape index (κ3) is 3.58. The molecule has 0 bridgehead atoms. The molecule has 0 fully saturated rings. The van der Waals surface area contributed by atoms with Gasteiger partial charge in [0.1, 0.15) is 5.75 Å². The maximum Gasteiger partial charge on any atom is 0.416 e. The first-order valence-electron chi connectivity index (χ1n) is 6.44. The van der Waals surface area contributed by atoms with E-state index in [1.165, 1.54) is 19.2 Å². The number of carbonyl (C=O) groups excluding carboxylic acids is 1. The molecular formula is C16H14F3NO2. The zero-order chi connectivity index (χ0) is 16.3. The maximum absolute atomic E-state index is 12.5. The van der Waals surface area contributed by atoms with E-state index in [4.69, 9.17) is 4.74 Å². The van der Waals surface area contributed by atoms with Gasteiger partial charge in [-0.05, 0) is 48.9 Å². The molecule has 1 N–H and O–H groups in total. The standard InChI is InChI=1S/C16H14F3NO2/c1-10-3-4-11(9-14(10)22-2)15(21)20-13-7-5-12(6-8-13)16(17,18)19/h3-9H,1-2H3,(H,20,21). The van der Waals surface area contributed by atoms with Crippen LogP contribution in [0, 0.1) is 6.92 Å². The Morgan fingerprint density at radius 1 is 1.09 bits per heavy atom. The number of benzene rings is 2. The second-order valence-corrected chi connectivity index (χ2v) is 4.71. The zero-order valence-electron chi connectivity index (χ0n) is 12.0. The monoisotopic (exact) mass is 309 g/mol. The fourth-order valence-corrected chi connectivity index (χ4v) is 1.91. The molecule has 0 heterocycles. The van der Waals surface area contributed by atoms with Crippen LogP contribution in [0.1, 0.15) is 21.5 Å². The van der Waals surface area contributed by atoms with Crippen LogP contribution >= 0.6 is 0 Å². The molecule has 0 spiro atoms. The maximum atomic E-state index is 12.5. The minimum Gasteiger partial charge on any atom is -0.496 e. The molecule has 0 atom stereocenters. The van der Waals surface area contributed by atoms with Gasteiger partial charge in [-0.25, -0.2) is 0 Å². The van der Waals surface area contributed by atoms with Crippen molar-refractivity contribution in [2.45, 2.75) is 13.1 Å². The van der Waals surface area contributed by atoms with Crippen molar-refractivity contribution in [2.75, 3.05) is 12.4 Å². The van der Waals surface area contributed by atoms with E-state index in [2.05, 4.69) is 5.32 Å². The average Bonchev–Trinajstić information content (AvgIpc) is 2.47. The Labute approximate surface area is 125 Å². The molecule has 0 unspecified atom stereocenters. The van der Waals surface area contributed by atoms with Crippen molar-refractivity contribution in [3.8, 4) is 5.75 Å². The topological polar surface area (TPSA) is 38.3 Å². The Kier molecular flexibility index (Phi) is 4.40. The van der Waals surface area contributed by atoms with Crippen LogP contribution in [0.2, 0.25) is 0 Å². The van der Waals surface area contributed by atoms with Crippen LogP contribution < -0.4 is 10.1 Å². The second kappa shape index (κ2) is 6.09. The lowest BCUT2D eigenvalue weighted by molar-refractivity contribution is -0.137. The SMILES string of the molecule is COc1cc(C(=O)Nc2ccc(C(F)(F)F)cc2)ccc1C. The summed E-state index contributed by atoms with van der Waals surface area (Å²) in [6.07, 6.45) is -4.40. The van der Waals surface area contributed by atoms with E-state index in [1.54, 1.807) is 18.2 Å². The van der Waals surface area contributed by atoms with Gasteiger partial charge in [0.15, 0.2) is 0 Å². The molecule has 0 saturated heterocycles. The molecule has 1 amide bonds. The van der Waals surface area contributed by atoms with Crippen LogP contribution in [0.3, 0.4) is 0 Å². The summed E-state index contributed by atoms with van der Waals surface area (Å²) >= 11 is 0. The fraction of sp³-hybridized carbons (Fsp3) is 0.188. The van der Waals surface area contributed by atoms with Gasteiger partial charge in [0, 0.05) is 11.3 Å². The highest BCUT2D eigenvalue weighted by molar-refractivity contribution is 6.04. The van der Waals surface area contributed by atoms with E-state index < -0.39 is 17.6 Å². The van der Waals surface area contributed by atoms with Crippen LogP contribution in [-0.2, 0) is 6.18 Å². The van der Waals surface area contributed by atoms with Gasteiger partial charge in [-0.3, -0.25) is 4.79 Å². The number of alkyl halides is 3. The molecule has 0 radical (unpaired) electrons. The third-order valence-electron chi connectivity index (χ3n) is 3.14. The van der Waals surface area contributed by atoms with Crippen molar-refractivity contribution >= 4 is 11.6 Å². The van der Waals surface area contributed by atoms with E-state index in [0.717, 1.165) is 17.7 Å². The fourth-order valence-electron chi connectivity index (χ4n) is 1.91. The predicted octanol–water partition coefficient (Wildman–Crippen LogP) is 4.27. The zero-order valence-corrected chi connectivity index (χ0v) is 12.0. The lowest BCUT2D eigenvalue weighted by Gasteiger charge is -2.10. The number of hydrogen-bond donors (Lipinski definition) is 1. The summed E-state index contributed by atoms with van der Waals surface area (Å²) in [5.74, 6) is 0.151. The molecule has 0 saturated carbocycles. The lowest BCUT2D eigenvalue weighted by Crippen LogP contribution is -2.12. The number of amides is 1. The van der Waals surface area contributed by atoms with Gasteiger partial charge in [0.2, 0.25) is 0 Å². The number of nitrogens with one attached hydrogen (secondary N) is 1. The first-order valence-corrected chi connectivity index (χ1v) is 6.44. The summed E-state index contributed by atoms with van der Waals surface area (Å²) in [6, 6.07) is 9.21. The number of hydrogen-bond acceptors (Lipinski definition) is 2. The Hall–Kier alpha value is -2.50. The van der Waals surface area contributed by atoms with E-state index >= 15 is 0 Å². The minimum atomic E-state index is -4.40. The quantitative estimate of drug-likeness (QED) is 0.919. The Morgan fingerprint density at radius 2 is 1.73 bits per heavy atom. The smallest absolute Gasteiger partial charge is 0.416 e. The highest BCUT2D eigenvalue weighted by Crippen LogP contribution is 2.30. The Balaban J connectivity index is 2.15. The van der Waals surface area contributed by atoms with Crippen LogP contribution in [0.15, 0.2) is 42.5 Å². The molecule has 2 aromatic rings. The molecule has 3 nitrogen and oxygen atoms in total. The van der Waals surface area contributed by atoms with Crippen molar-refractivity contribution in [1.29, 1.82) is 0 Å². The highest BCUT2D eigenvalue weighted by atomic mass is 19.4. The van der Waals surface area contributed by atoms with Crippen molar-refractivity contribution in [2.24, 2.45) is 0 Å². The number of halogens is 3. The van der Waals surface area contributed by atoms with Gasteiger partial charge in [0.05, 0.1) is 12.7 Å². The Morgan fingerprint density at radius 3 is 2.27 bits per heavy atom. The van der Waals surface area contributed by atoms with Crippen LogP contribution in [0.25, 0.3) is 0 Å². The summed E-state index contributed by atoms with van der Waals surface area (Å²) in [5.41, 5.74) is 0.774. The number of aryl methyl sites for hydroxylation is 1. The number of rotatable bonds is 3. The van der Waals surface area contributed by atoms with Gasteiger partial charge >= 0.3 is 6.18 Å². The molecule has 6 heteroatoms. The van der Waals surface area contributed by atoms with E-state index in [1.807, 2.05) is 6.92 Å². The lowest BCUT2D eigenvalue weighted by atomic mass is 10.1. The average molecular weight is 309 g/mol. The second-order valence-electron chi connectivity index (χ2n) is 4.71. The molecular weight excluding hydrogens is 295 g/mol. The Bertz CT molecular complexity index is 679. The first kappa shape index (κ1) is 15.9. The normalized spacial score (nSPS) is 11.1. The number of ether oxygens (including phenoxy) is 1. The largest absolute Gasteiger partial charge is 0.496 e. The molecule has 22 heavy (non-hydrogen) atoms. The molecule has 2 rings (SSSR count). The van der Waals surface area contributed by atoms with Crippen LogP contribution in [0.5, 0.6) is 5.75 Å². The third-order valence-corrected chi connectivity index (χ3v) is 3.14. The molecule has 2 aromatic carbocycles. The van der Waals surface area contributed by atoms with Gasteiger partial charge in [-0.2, -0.15) is 13.2 Å². The summed E-state index contributed by atoms with van der Waals surface area (Å²) in [4.78, 5) is 12.1. The summed E-state index contributed by atoms with van der Waals surface area (Å²) in [6.45, 7) is 1.84. The number of anilines is 1. The number of carbonyl (C=O) groups is 1. The van der Waals surface area contributed by atoms with Gasteiger partial charge < -0.3 is 10.1 Å². The number of methoxy groups -OCH3 is 1. The predicted molar refractivity (Wildman–Crippen MR) is 77.1 cm³/mol. The van der Waals surface area contributed by atoms with Crippen molar-refractivity contribution in [3.05, 3.63) is 59.2 Å². The van der Waals surface area contributed by atoms with Crippen molar-refractivity contribution < 1.29 is 22.7 Å². The first-order chi connectivity index (χ1) is 10.3. The van der Waals surface area contributed by atoms with Gasteiger partial charge in [-0.15, -0.1) is 0 Å². The van der Waals surface area contributed by atoms with Gasteiger partial charge in [-0.1, -0.05) is 6.07 Å². The molecule has 0 aromatic heterocycles. The van der Waals surface area contributed by atoms with Crippen molar-refractivity contribution in [1.82, 2.24) is 0 Å². The summed E-state index contributed by atoms with van der Waals surface area (Å²) < 4.78 is 42.5. The highest BCUT2D eigenvalue weighted by Gasteiger charge is 2.29. The van der Waals surface area contributed by atoms with E-state index in [9.17, 15) is 18.0 Å². The van der Waals surface area contributed by atoms with E-state index in [0.29, 0.717) is 11.3 Å². The molecule has 0 aliphatic heterocycles. The van der Waals surface area contributed by atoms with Crippen molar-refractivity contribution in [3.63, 3.8) is 0 Å². The van der Waals surface area contributed by atoms with E-state index in [-0.39, 0.29) is 5.69 Å². The summed E-state index contributed by atoms with van der Waals surface area (Å²) in [5, 5.41) is 2.55. The molecule has 116 valence electrons. The molecule has 0 aliphatic carbocycles. The van der Waals surface area contributed by atoms with Crippen LogP contribution in [0.4, 0.5) is 18.9 Å². The molecule has 0 aliphatic rings. The minimum absolute atomic E-state index is 0.289.